The van der Waals surface area contributed by atoms with E-state index in [0.29, 0.717) is 5.25 Å². The molecule has 1 aliphatic carbocycles. The molecule has 0 spiro atoms. The summed E-state index contributed by atoms with van der Waals surface area (Å²) in [4.78, 5) is 0. The van der Waals surface area contributed by atoms with Crippen LogP contribution in [0.2, 0.25) is 0 Å². The van der Waals surface area contributed by atoms with Crippen LogP contribution in [0.1, 0.15) is 31.4 Å². The standard InChI is InChI=1S/C15H19N3OS/c1-3-9-18-14(13-8-10-19-11(13)2)16-17-15(18)20-12-6-4-5-7-12/h3,8,10,12H,1,4-7,9H2,2H3. The predicted octanol–water partition coefficient (Wildman–Crippen LogP) is 4.07. The number of allylic oxidation sites excluding steroid dienone is 1. The molecule has 106 valence electrons. The molecule has 2 heterocycles. The number of furan rings is 1. The van der Waals surface area contributed by atoms with Gasteiger partial charge in [0.2, 0.25) is 0 Å². The smallest absolute Gasteiger partial charge is 0.192 e. The Balaban J connectivity index is 1.92. The highest BCUT2D eigenvalue weighted by molar-refractivity contribution is 7.99. The Hall–Kier alpha value is -1.49. The predicted molar refractivity (Wildman–Crippen MR) is 80.8 cm³/mol. The number of aryl methyl sites for hydroxylation is 1. The lowest BCUT2D eigenvalue weighted by Gasteiger charge is -2.10. The third-order valence-corrected chi connectivity index (χ3v) is 5.02. The van der Waals surface area contributed by atoms with Gasteiger partial charge in [-0.3, -0.25) is 4.57 Å². The van der Waals surface area contributed by atoms with E-state index in [9.17, 15) is 0 Å². The lowest BCUT2D eigenvalue weighted by atomic mass is 10.2. The molecule has 0 bridgehead atoms. The maximum Gasteiger partial charge on any atom is 0.192 e. The van der Waals surface area contributed by atoms with E-state index < -0.39 is 0 Å². The monoisotopic (exact) mass is 289 g/mol. The van der Waals surface area contributed by atoms with E-state index in [2.05, 4.69) is 21.3 Å². The third kappa shape index (κ3) is 2.54. The molecule has 0 aliphatic heterocycles. The van der Waals surface area contributed by atoms with Crippen molar-refractivity contribution in [1.82, 2.24) is 14.8 Å². The first-order valence-corrected chi connectivity index (χ1v) is 7.92. The van der Waals surface area contributed by atoms with Crippen LogP contribution in [0, 0.1) is 6.92 Å². The number of rotatable bonds is 5. The molecule has 0 amide bonds. The molecule has 0 aromatic carbocycles. The van der Waals surface area contributed by atoms with E-state index in [1.54, 1.807) is 6.26 Å². The van der Waals surface area contributed by atoms with Gasteiger partial charge in [0.15, 0.2) is 11.0 Å². The Bertz CT molecular complexity index is 596. The van der Waals surface area contributed by atoms with Gasteiger partial charge in [-0.25, -0.2) is 0 Å². The Morgan fingerprint density at radius 3 is 2.90 bits per heavy atom. The molecule has 1 aliphatic rings. The van der Waals surface area contributed by atoms with Crippen LogP contribution in [0.25, 0.3) is 11.4 Å². The SMILES string of the molecule is C=CCn1c(SC2CCCC2)nnc1-c1ccoc1C. The molecule has 3 rings (SSSR count). The van der Waals surface area contributed by atoms with Gasteiger partial charge in [-0.1, -0.05) is 30.7 Å². The van der Waals surface area contributed by atoms with Crippen molar-refractivity contribution in [2.45, 2.75) is 49.6 Å². The maximum absolute atomic E-state index is 5.38. The Labute approximate surface area is 123 Å². The molecule has 0 atom stereocenters. The molecule has 0 radical (unpaired) electrons. The number of nitrogens with zero attached hydrogens (tertiary/aromatic N) is 3. The third-order valence-electron chi connectivity index (χ3n) is 3.70. The minimum atomic E-state index is 0.682. The van der Waals surface area contributed by atoms with Crippen LogP contribution in [0.3, 0.4) is 0 Å². The number of hydrogen-bond acceptors (Lipinski definition) is 4. The quantitative estimate of drug-likeness (QED) is 0.778. The molecule has 1 saturated carbocycles. The first kappa shape index (κ1) is 13.5. The fraction of sp³-hybridized carbons (Fsp3) is 0.467. The van der Waals surface area contributed by atoms with Crippen LogP contribution in [0.4, 0.5) is 0 Å². The van der Waals surface area contributed by atoms with Gasteiger partial charge in [0, 0.05) is 11.8 Å². The first-order valence-electron chi connectivity index (χ1n) is 7.05. The fourth-order valence-corrected chi connectivity index (χ4v) is 3.88. The zero-order valence-corrected chi connectivity index (χ0v) is 12.5. The Kier molecular flexibility index (Phi) is 3.96. The van der Waals surface area contributed by atoms with Crippen LogP contribution in [-0.4, -0.2) is 20.0 Å². The van der Waals surface area contributed by atoms with Crippen molar-refractivity contribution in [3.63, 3.8) is 0 Å². The largest absolute Gasteiger partial charge is 0.469 e. The van der Waals surface area contributed by atoms with Gasteiger partial charge in [0.05, 0.1) is 11.8 Å². The van der Waals surface area contributed by atoms with Crippen molar-refractivity contribution >= 4 is 11.8 Å². The van der Waals surface area contributed by atoms with Gasteiger partial charge in [-0.2, -0.15) is 0 Å². The number of thioether (sulfide) groups is 1. The molecule has 1 fully saturated rings. The van der Waals surface area contributed by atoms with Crippen LogP contribution < -0.4 is 0 Å². The zero-order valence-electron chi connectivity index (χ0n) is 11.7. The molecule has 20 heavy (non-hydrogen) atoms. The second-order valence-electron chi connectivity index (χ2n) is 5.12. The van der Waals surface area contributed by atoms with Crippen molar-refractivity contribution in [3.8, 4) is 11.4 Å². The van der Waals surface area contributed by atoms with Crippen molar-refractivity contribution in [2.75, 3.05) is 0 Å². The summed E-state index contributed by atoms with van der Waals surface area (Å²) >= 11 is 1.85. The highest BCUT2D eigenvalue weighted by Crippen LogP contribution is 2.35. The molecular weight excluding hydrogens is 270 g/mol. The van der Waals surface area contributed by atoms with Gasteiger partial charge in [0.25, 0.3) is 0 Å². The van der Waals surface area contributed by atoms with E-state index in [0.717, 1.165) is 28.8 Å². The summed E-state index contributed by atoms with van der Waals surface area (Å²) in [6.45, 7) is 6.52. The highest BCUT2D eigenvalue weighted by atomic mass is 32.2. The Morgan fingerprint density at radius 2 is 2.25 bits per heavy atom. The molecular formula is C15H19N3OS. The number of aromatic nitrogens is 3. The van der Waals surface area contributed by atoms with E-state index in [4.69, 9.17) is 4.42 Å². The molecule has 0 N–H and O–H groups in total. The zero-order chi connectivity index (χ0) is 13.9. The first-order chi connectivity index (χ1) is 9.79. The van der Waals surface area contributed by atoms with Crippen LogP contribution in [0.15, 0.2) is 34.6 Å². The molecule has 4 nitrogen and oxygen atoms in total. The number of hydrogen-bond donors (Lipinski definition) is 0. The highest BCUT2D eigenvalue weighted by Gasteiger charge is 2.22. The summed E-state index contributed by atoms with van der Waals surface area (Å²) in [6, 6.07) is 1.95. The minimum absolute atomic E-state index is 0.682. The van der Waals surface area contributed by atoms with Gasteiger partial charge in [-0.15, -0.1) is 16.8 Å². The van der Waals surface area contributed by atoms with Crippen molar-refractivity contribution < 1.29 is 4.42 Å². The summed E-state index contributed by atoms with van der Waals surface area (Å²) in [5.41, 5.74) is 1.01. The molecule has 2 aromatic heterocycles. The van der Waals surface area contributed by atoms with E-state index in [-0.39, 0.29) is 0 Å². The average molecular weight is 289 g/mol. The Morgan fingerprint density at radius 1 is 1.45 bits per heavy atom. The second-order valence-corrected chi connectivity index (χ2v) is 6.39. The average Bonchev–Trinajstić information content (AvgIpc) is 3.14. The summed E-state index contributed by atoms with van der Waals surface area (Å²) in [5, 5.41) is 10.4. The van der Waals surface area contributed by atoms with Crippen molar-refractivity contribution in [2.24, 2.45) is 0 Å². The van der Waals surface area contributed by atoms with Crippen LogP contribution in [0.5, 0.6) is 0 Å². The minimum Gasteiger partial charge on any atom is -0.469 e. The lowest BCUT2D eigenvalue weighted by molar-refractivity contribution is 0.534. The fourth-order valence-electron chi connectivity index (χ4n) is 2.64. The van der Waals surface area contributed by atoms with Crippen LogP contribution in [-0.2, 0) is 6.54 Å². The van der Waals surface area contributed by atoms with Crippen LogP contribution >= 0.6 is 11.8 Å². The summed E-state index contributed by atoms with van der Waals surface area (Å²) in [5.74, 6) is 1.75. The summed E-state index contributed by atoms with van der Waals surface area (Å²) in [6.07, 6.45) is 8.82. The van der Waals surface area contributed by atoms with Gasteiger partial charge in [-0.05, 0) is 25.8 Å². The van der Waals surface area contributed by atoms with Gasteiger partial charge >= 0.3 is 0 Å². The van der Waals surface area contributed by atoms with Gasteiger partial charge < -0.3 is 4.42 Å². The van der Waals surface area contributed by atoms with E-state index in [1.807, 2.05) is 30.8 Å². The molecule has 0 saturated heterocycles. The maximum atomic E-state index is 5.38. The van der Waals surface area contributed by atoms with Crippen molar-refractivity contribution in [3.05, 3.63) is 30.7 Å². The van der Waals surface area contributed by atoms with E-state index >= 15 is 0 Å². The van der Waals surface area contributed by atoms with Crippen molar-refractivity contribution in [1.29, 1.82) is 0 Å². The van der Waals surface area contributed by atoms with E-state index in [1.165, 1.54) is 25.7 Å². The van der Waals surface area contributed by atoms with Gasteiger partial charge in [0.1, 0.15) is 5.76 Å². The topological polar surface area (TPSA) is 43.9 Å². The summed E-state index contributed by atoms with van der Waals surface area (Å²) in [7, 11) is 0. The summed E-state index contributed by atoms with van der Waals surface area (Å²) < 4.78 is 7.51. The molecule has 5 heteroatoms. The molecule has 2 aromatic rings. The lowest BCUT2D eigenvalue weighted by Crippen LogP contribution is -2.03. The normalized spacial score (nSPS) is 15.8. The molecule has 0 unspecified atom stereocenters. The second kappa shape index (κ2) is 5.87.